The average Bonchev–Trinajstić information content (AvgIpc) is 3.07. The molecule has 1 unspecified atom stereocenters. The van der Waals surface area contributed by atoms with Gasteiger partial charge in [0.15, 0.2) is 5.16 Å². The van der Waals surface area contributed by atoms with Crippen LogP contribution < -0.4 is 0 Å². The zero-order valence-corrected chi connectivity index (χ0v) is 15.9. The first-order valence-electron chi connectivity index (χ1n) is 8.64. The van der Waals surface area contributed by atoms with Crippen molar-refractivity contribution in [2.45, 2.75) is 30.4 Å². The number of aromatic nitrogens is 2. The Morgan fingerprint density at radius 2 is 1.58 bits per heavy atom. The number of hydrogen-bond donors (Lipinski definition) is 0. The van der Waals surface area contributed by atoms with Gasteiger partial charge in [-0.05, 0) is 18.1 Å². The van der Waals surface area contributed by atoms with E-state index >= 15 is 0 Å². The number of aryl methyl sites for hydroxylation is 1. The summed E-state index contributed by atoms with van der Waals surface area (Å²) in [5.41, 5.74) is 2.26. The number of hydrogen-bond acceptors (Lipinski definition) is 3. The summed E-state index contributed by atoms with van der Waals surface area (Å²) >= 11 is 1.50. The summed E-state index contributed by atoms with van der Waals surface area (Å²) in [6, 6.07) is 20.2. The summed E-state index contributed by atoms with van der Waals surface area (Å²) in [4.78, 5) is 19.4. The van der Waals surface area contributed by atoms with Crippen LogP contribution in [0.4, 0.5) is 0 Å². The van der Waals surface area contributed by atoms with Crippen molar-refractivity contribution < 1.29 is 4.79 Å². The van der Waals surface area contributed by atoms with Crippen molar-refractivity contribution in [2.75, 3.05) is 0 Å². The SMILES string of the molecule is CC(Sc1nccn1C)C(=O)N(Cc1ccccc1)Cc1ccccc1. The van der Waals surface area contributed by atoms with E-state index in [0.717, 1.165) is 16.3 Å². The van der Waals surface area contributed by atoms with Crippen LogP contribution in [0.1, 0.15) is 18.1 Å². The van der Waals surface area contributed by atoms with Crippen LogP contribution in [0, 0.1) is 0 Å². The number of benzene rings is 2. The Morgan fingerprint density at radius 3 is 2.04 bits per heavy atom. The Balaban J connectivity index is 1.76. The predicted molar refractivity (Wildman–Crippen MR) is 106 cm³/mol. The normalized spacial score (nSPS) is 11.9. The summed E-state index contributed by atoms with van der Waals surface area (Å²) in [6.07, 6.45) is 3.65. The molecule has 26 heavy (non-hydrogen) atoms. The molecule has 0 aliphatic heterocycles. The van der Waals surface area contributed by atoms with Crippen LogP contribution in [0.25, 0.3) is 0 Å². The molecule has 1 amide bonds. The smallest absolute Gasteiger partial charge is 0.236 e. The fourth-order valence-corrected chi connectivity index (χ4v) is 3.67. The lowest BCUT2D eigenvalue weighted by atomic mass is 10.1. The van der Waals surface area contributed by atoms with Gasteiger partial charge in [-0.25, -0.2) is 4.98 Å². The van der Waals surface area contributed by atoms with Crippen LogP contribution in [-0.4, -0.2) is 25.6 Å². The van der Waals surface area contributed by atoms with Gasteiger partial charge in [0.05, 0.1) is 5.25 Å². The van der Waals surface area contributed by atoms with E-state index in [9.17, 15) is 4.79 Å². The molecule has 1 atom stereocenters. The minimum Gasteiger partial charge on any atom is -0.333 e. The van der Waals surface area contributed by atoms with Crippen LogP contribution >= 0.6 is 11.8 Å². The molecule has 0 saturated carbocycles. The molecule has 5 heteroatoms. The van der Waals surface area contributed by atoms with Crippen molar-refractivity contribution in [3.05, 3.63) is 84.2 Å². The van der Waals surface area contributed by atoms with Gasteiger partial charge < -0.3 is 9.47 Å². The number of rotatable bonds is 7. The number of thioether (sulfide) groups is 1. The number of nitrogens with zero attached hydrogens (tertiary/aromatic N) is 3. The Labute approximate surface area is 158 Å². The van der Waals surface area contributed by atoms with E-state index in [0.29, 0.717) is 13.1 Å². The summed E-state index contributed by atoms with van der Waals surface area (Å²) in [7, 11) is 1.94. The molecule has 0 bridgehead atoms. The Bertz CT molecular complexity index is 791. The molecule has 0 aliphatic carbocycles. The first kappa shape index (κ1) is 18.3. The van der Waals surface area contributed by atoms with Crippen LogP contribution in [-0.2, 0) is 24.9 Å². The van der Waals surface area contributed by atoms with E-state index in [1.54, 1.807) is 6.20 Å². The van der Waals surface area contributed by atoms with E-state index in [4.69, 9.17) is 0 Å². The fourth-order valence-electron chi connectivity index (χ4n) is 2.75. The van der Waals surface area contributed by atoms with Crippen LogP contribution in [0.15, 0.2) is 78.2 Å². The summed E-state index contributed by atoms with van der Waals surface area (Å²) < 4.78 is 1.94. The quantitative estimate of drug-likeness (QED) is 0.591. The third-order valence-corrected chi connectivity index (χ3v) is 5.31. The molecule has 0 fully saturated rings. The maximum Gasteiger partial charge on any atom is 0.236 e. The highest BCUT2D eigenvalue weighted by molar-refractivity contribution is 8.00. The lowest BCUT2D eigenvalue weighted by molar-refractivity contribution is -0.131. The minimum absolute atomic E-state index is 0.116. The summed E-state index contributed by atoms with van der Waals surface area (Å²) in [6.45, 7) is 3.14. The van der Waals surface area contributed by atoms with Gasteiger partial charge >= 0.3 is 0 Å². The third kappa shape index (κ3) is 4.76. The molecule has 0 radical (unpaired) electrons. The van der Waals surface area contributed by atoms with Gasteiger partial charge in [-0.15, -0.1) is 0 Å². The van der Waals surface area contributed by atoms with Gasteiger partial charge in [0, 0.05) is 32.5 Å². The molecule has 0 N–H and O–H groups in total. The topological polar surface area (TPSA) is 38.1 Å². The maximum absolute atomic E-state index is 13.2. The van der Waals surface area contributed by atoms with E-state index in [2.05, 4.69) is 29.2 Å². The Kier molecular flexibility index (Phi) is 6.12. The second-order valence-electron chi connectivity index (χ2n) is 6.25. The molecule has 0 aliphatic rings. The maximum atomic E-state index is 13.2. The second-order valence-corrected chi connectivity index (χ2v) is 7.55. The van der Waals surface area contributed by atoms with Gasteiger partial charge in [-0.2, -0.15) is 0 Å². The average molecular weight is 366 g/mol. The van der Waals surface area contributed by atoms with Crippen molar-refractivity contribution in [1.82, 2.24) is 14.5 Å². The van der Waals surface area contributed by atoms with E-state index in [-0.39, 0.29) is 11.2 Å². The predicted octanol–water partition coefficient (Wildman–Crippen LogP) is 4.13. The van der Waals surface area contributed by atoms with E-state index < -0.39 is 0 Å². The number of carbonyl (C=O) groups is 1. The Hall–Kier alpha value is -2.53. The van der Waals surface area contributed by atoms with Gasteiger partial charge in [-0.3, -0.25) is 4.79 Å². The van der Waals surface area contributed by atoms with Crippen molar-refractivity contribution in [3.63, 3.8) is 0 Å². The molecule has 4 nitrogen and oxygen atoms in total. The zero-order valence-electron chi connectivity index (χ0n) is 15.1. The molecule has 134 valence electrons. The van der Waals surface area contributed by atoms with Gasteiger partial charge in [0.2, 0.25) is 5.91 Å². The van der Waals surface area contributed by atoms with Gasteiger partial charge in [0.25, 0.3) is 0 Å². The first-order chi connectivity index (χ1) is 12.6. The number of imidazole rings is 1. The largest absolute Gasteiger partial charge is 0.333 e. The molecule has 2 aromatic carbocycles. The van der Waals surface area contributed by atoms with E-state index in [1.165, 1.54) is 11.8 Å². The van der Waals surface area contributed by atoms with Crippen molar-refractivity contribution >= 4 is 17.7 Å². The van der Waals surface area contributed by atoms with Crippen molar-refractivity contribution in [3.8, 4) is 0 Å². The third-order valence-electron chi connectivity index (χ3n) is 4.15. The van der Waals surface area contributed by atoms with Gasteiger partial charge in [-0.1, -0.05) is 72.4 Å². The van der Waals surface area contributed by atoms with Crippen molar-refractivity contribution in [2.24, 2.45) is 7.05 Å². The van der Waals surface area contributed by atoms with Crippen LogP contribution in [0.2, 0.25) is 0 Å². The molecule has 0 saturated heterocycles. The van der Waals surface area contributed by atoms with Gasteiger partial charge in [0.1, 0.15) is 0 Å². The molecule has 1 heterocycles. The standard InChI is InChI=1S/C21H23N3OS/c1-17(26-21-22-13-14-23(21)2)20(25)24(15-18-9-5-3-6-10-18)16-19-11-7-4-8-12-19/h3-14,17H,15-16H2,1-2H3. The molecular weight excluding hydrogens is 342 g/mol. The van der Waals surface area contributed by atoms with Crippen LogP contribution in [0.5, 0.6) is 0 Å². The molecular formula is C21H23N3OS. The molecule has 3 rings (SSSR count). The summed E-state index contributed by atoms with van der Waals surface area (Å²) in [5, 5.41) is 0.647. The van der Waals surface area contributed by atoms with Crippen LogP contribution in [0.3, 0.4) is 0 Å². The first-order valence-corrected chi connectivity index (χ1v) is 9.52. The Morgan fingerprint density at radius 1 is 1.04 bits per heavy atom. The highest BCUT2D eigenvalue weighted by atomic mass is 32.2. The molecule has 3 aromatic rings. The van der Waals surface area contributed by atoms with Crippen molar-refractivity contribution in [1.29, 1.82) is 0 Å². The lowest BCUT2D eigenvalue weighted by Gasteiger charge is -2.26. The second kappa shape index (κ2) is 8.72. The zero-order chi connectivity index (χ0) is 18.4. The summed E-state index contributed by atoms with van der Waals surface area (Å²) in [5.74, 6) is 0.116. The lowest BCUT2D eigenvalue weighted by Crippen LogP contribution is -2.35. The number of amides is 1. The molecule has 0 spiro atoms. The van der Waals surface area contributed by atoms with E-state index in [1.807, 2.05) is 66.0 Å². The monoisotopic (exact) mass is 365 g/mol. The minimum atomic E-state index is -0.205. The highest BCUT2D eigenvalue weighted by Crippen LogP contribution is 2.24. The number of carbonyl (C=O) groups excluding carboxylic acids is 1. The fraction of sp³-hybridized carbons (Fsp3) is 0.238. The highest BCUT2D eigenvalue weighted by Gasteiger charge is 2.23. The molecule has 1 aromatic heterocycles.